The number of hydrogen-bond acceptors (Lipinski definition) is 4. The van der Waals surface area contributed by atoms with Crippen LogP contribution >= 0.6 is 0 Å². The summed E-state index contributed by atoms with van der Waals surface area (Å²) < 4.78 is 21.9. The Labute approximate surface area is 97.1 Å². The predicted octanol–water partition coefficient (Wildman–Crippen LogP) is -0.0209. The minimum absolute atomic E-state index is 0.0665. The average Bonchev–Trinajstić information content (AvgIpc) is 2.48. The van der Waals surface area contributed by atoms with Crippen LogP contribution in [0, 0.1) is 0 Å². The third-order valence-electron chi connectivity index (χ3n) is 2.66. The molecule has 0 aromatic carbocycles. The number of nitrogens with zero attached hydrogens (tertiary/aromatic N) is 1. The number of rotatable bonds is 6. The largest absolute Gasteiger partial charge is 0.329 e. The lowest BCUT2D eigenvalue weighted by atomic mass is 10.2. The van der Waals surface area contributed by atoms with E-state index in [0.29, 0.717) is 19.6 Å². The topological polar surface area (TPSA) is 66.5 Å². The van der Waals surface area contributed by atoms with E-state index in [9.17, 15) is 13.2 Å². The maximum atomic E-state index is 11.8. The van der Waals surface area contributed by atoms with Crippen molar-refractivity contribution >= 4 is 15.7 Å². The summed E-state index contributed by atoms with van der Waals surface area (Å²) in [6.07, 6.45) is 3.56. The van der Waals surface area contributed by atoms with Crippen molar-refractivity contribution in [2.75, 3.05) is 25.2 Å². The number of carbonyl (C=O) groups excluding carboxylic acids is 1. The van der Waals surface area contributed by atoms with E-state index in [1.807, 2.05) is 6.92 Å². The first-order valence-electron chi connectivity index (χ1n) is 5.64. The third kappa shape index (κ3) is 4.09. The smallest absolute Gasteiger partial charge is 0.240 e. The van der Waals surface area contributed by atoms with Crippen molar-refractivity contribution in [3.8, 4) is 0 Å². The van der Waals surface area contributed by atoms with Crippen LogP contribution in [0.1, 0.15) is 26.2 Å². The highest BCUT2D eigenvalue weighted by molar-refractivity contribution is 7.90. The molecule has 0 bridgehead atoms. The maximum Gasteiger partial charge on any atom is 0.240 e. The summed E-state index contributed by atoms with van der Waals surface area (Å²) in [4.78, 5) is 13.5. The van der Waals surface area contributed by atoms with Gasteiger partial charge in [-0.1, -0.05) is 13.3 Å². The molecule has 1 atom stereocenters. The Bertz CT molecular complexity index is 340. The summed E-state index contributed by atoms with van der Waals surface area (Å²) in [6, 6.07) is -0.0665. The molecule has 1 amide bonds. The number of amides is 1. The zero-order chi connectivity index (χ0) is 12.2. The van der Waals surface area contributed by atoms with Crippen LogP contribution in [-0.2, 0) is 14.6 Å². The van der Waals surface area contributed by atoms with E-state index in [-0.39, 0.29) is 17.7 Å². The minimum Gasteiger partial charge on any atom is -0.329 e. The highest BCUT2D eigenvalue weighted by Crippen LogP contribution is 2.09. The Kier molecular flexibility index (Phi) is 4.73. The van der Waals surface area contributed by atoms with E-state index < -0.39 is 9.84 Å². The molecular weight excluding hydrogens is 228 g/mol. The number of carbonyl (C=O) groups is 1. The number of hydrogen-bond donors (Lipinski definition) is 1. The van der Waals surface area contributed by atoms with Crippen LogP contribution < -0.4 is 5.32 Å². The molecule has 0 spiro atoms. The molecule has 94 valence electrons. The van der Waals surface area contributed by atoms with Crippen LogP contribution in [0.2, 0.25) is 0 Å². The van der Waals surface area contributed by atoms with Gasteiger partial charge in [0.25, 0.3) is 0 Å². The molecule has 1 saturated heterocycles. The highest BCUT2D eigenvalue weighted by Gasteiger charge is 2.29. The van der Waals surface area contributed by atoms with Crippen molar-refractivity contribution in [2.24, 2.45) is 0 Å². The lowest BCUT2D eigenvalue weighted by molar-refractivity contribution is -0.129. The van der Waals surface area contributed by atoms with E-state index in [4.69, 9.17) is 0 Å². The van der Waals surface area contributed by atoms with Crippen molar-refractivity contribution in [3.63, 3.8) is 0 Å². The van der Waals surface area contributed by atoms with Crippen molar-refractivity contribution in [3.05, 3.63) is 0 Å². The summed E-state index contributed by atoms with van der Waals surface area (Å²) in [5.41, 5.74) is 0. The van der Waals surface area contributed by atoms with Gasteiger partial charge in [0, 0.05) is 12.8 Å². The molecule has 5 nitrogen and oxygen atoms in total. The summed E-state index contributed by atoms with van der Waals surface area (Å²) in [5, 5.41) is 3.13. The highest BCUT2D eigenvalue weighted by atomic mass is 32.2. The molecule has 1 heterocycles. The second kappa shape index (κ2) is 5.63. The second-order valence-corrected chi connectivity index (χ2v) is 6.55. The minimum atomic E-state index is -2.92. The van der Waals surface area contributed by atoms with Gasteiger partial charge in [-0.25, -0.2) is 8.42 Å². The lowest BCUT2D eigenvalue weighted by Crippen LogP contribution is -2.31. The van der Waals surface area contributed by atoms with Crippen molar-refractivity contribution in [1.29, 1.82) is 0 Å². The summed E-state index contributed by atoms with van der Waals surface area (Å²) in [5.74, 6) is 0.255. The quantitative estimate of drug-likeness (QED) is 0.717. The fraction of sp³-hybridized carbons (Fsp3) is 0.900. The van der Waals surface area contributed by atoms with Gasteiger partial charge >= 0.3 is 0 Å². The Morgan fingerprint density at radius 1 is 1.50 bits per heavy atom. The van der Waals surface area contributed by atoms with Crippen molar-refractivity contribution < 1.29 is 13.2 Å². The standard InChI is InChI=1S/C10H20N2O3S/c1-3-5-9-10(13)12(8-11-9)6-4-7-16(2,14)15/h9,11H,3-8H2,1-2H3. The average molecular weight is 248 g/mol. The third-order valence-corrected chi connectivity index (χ3v) is 3.69. The zero-order valence-electron chi connectivity index (χ0n) is 9.90. The fourth-order valence-corrected chi connectivity index (χ4v) is 2.48. The molecule has 0 saturated carbocycles. The van der Waals surface area contributed by atoms with Crippen LogP contribution in [0.3, 0.4) is 0 Å². The van der Waals surface area contributed by atoms with Gasteiger partial charge in [0.05, 0.1) is 18.5 Å². The number of nitrogens with one attached hydrogen (secondary N) is 1. The van der Waals surface area contributed by atoms with Gasteiger partial charge in [-0.15, -0.1) is 0 Å². The van der Waals surface area contributed by atoms with Gasteiger partial charge in [-0.05, 0) is 12.8 Å². The van der Waals surface area contributed by atoms with Gasteiger partial charge in [0.1, 0.15) is 9.84 Å². The summed E-state index contributed by atoms with van der Waals surface area (Å²) >= 11 is 0. The monoisotopic (exact) mass is 248 g/mol. The van der Waals surface area contributed by atoms with E-state index >= 15 is 0 Å². The van der Waals surface area contributed by atoms with Crippen LogP contribution in [-0.4, -0.2) is 50.5 Å². The Hall–Kier alpha value is -0.620. The first-order chi connectivity index (χ1) is 7.44. The Morgan fingerprint density at radius 3 is 2.75 bits per heavy atom. The van der Waals surface area contributed by atoms with Gasteiger partial charge < -0.3 is 4.90 Å². The first kappa shape index (κ1) is 13.4. The van der Waals surface area contributed by atoms with Gasteiger partial charge in [-0.2, -0.15) is 0 Å². The van der Waals surface area contributed by atoms with E-state index in [2.05, 4.69) is 5.32 Å². The first-order valence-corrected chi connectivity index (χ1v) is 7.70. The zero-order valence-corrected chi connectivity index (χ0v) is 10.7. The molecule has 0 aliphatic carbocycles. The molecule has 16 heavy (non-hydrogen) atoms. The van der Waals surface area contributed by atoms with E-state index in [1.165, 1.54) is 6.26 Å². The molecule has 6 heteroatoms. The SMILES string of the molecule is CCCC1NCN(CCCS(C)(=O)=O)C1=O. The van der Waals surface area contributed by atoms with Gasteiger partial charge in [0.15, 0.2) is 0 Å². The van der Waals surface area contributed by atoms with E-state index in [1.54, 1.807) is 4.90 Å². The lowest BCUT2D eigenvalue weighted by Gasteiger charge is -2.14. The molecule has 1 fully saturated rings. The molecule has 1 aliphatic rings. The van der Waals surface area contributed by atoms with Gasteiger partial charge in [0.2, 0.25) is 5.91 Å². The predicted molar refractivity (Wildman–Crippen MR) is 62.7 cm³/mol. The van der Waals surface area contributed by atoms with Crippen LogP contribution in [0.15, 0.2) is 0 Å². The van der Waals surface area contributed by atoms with Crippen LogP contribution in [0.4, 0.5) is 0 Å². The Morgan fingerprint density at radius 2 is 2.19 bits per heavy atom. The molecule has 0 radical (unpaired) electrons. The Balaban J connectivity index is 2.32. The van der Waals surface area contributed by atoms with E-state index in [0.717, 1.165) is 12.8 Å². The normalized spacial score (nSPS) is 21.8. The summed E-state index contributed by atoms with van der Waals surface area (Å²) in [6.45, 7) is 3.12. The van der Waals surface area contributed by atoms with Crippen LogP contribution in [0.25, 0.3) is 0 Å². The summed E-state index contributed by atoms with van der Waals surface area (Å²) in [7, 11) is -2.92. The van der Waals surface area contributed by atoms with Gasteiger partial charge in [-0.3, -0.25) is 10.1 Å². The molecule has 1 rings (SSSR count). The molecular formula is C10H20N2O3S. The molecule has 1 unspecified atom stereocenters. The number of sulfone groups is 1. The molecule has 0 aromatic rings. The molecule has 0 aromatic heterocycles. The van der Waals surface area contributed by atoms with Crippen LogP contribution in [0.5, 0.6) is 0 Å². The second-order valence-electron chi connectivity index (χ2n) is 4.29. The molecule has 1 N–H and O–H groups in total. The fourth-order valence-electron chi connectivity index (χ4n) is 1.83. The van der Waals surface area contributed by atoms with Crippen molar-refractivity contribution in [1.82, 2.24) is 10.2 Å². The molecule has 1 aliphatic heterocycles. The van der Waals surface area contributed by atoms with Crippen molar-refractivity contribution in [2.45, 2.75) is 32.2 Å². The maximum absolute atomic E-state index is 11.8.